The average Bonchev–Trinajstić information content (AvgIpc) is 2.65. The predicted octanol–water partition coefficient (Wildman–Crippen LogP) is 2.92. The highest BCUT2D eigenvalue weighted by Crippen LogP contribution is 2.18. The molecule has 6 heteroatoms. The molecule has 134 valence electrons. The first-order valence-electron chi connectivity index (χ1n) is 8.27. The van der Waals surface area contributed by atoms with E-state index in [0.29, 0.717) is 28.8 Å². The van der Waals surface area contributed by atoms with Gasteiger partial charge in [0.2, 0.25) is 5.91 Å². The van der Waals surface area contributed by atoms with Crippen LogP contribution in [0.3, 0.4) is 0 Å². The van der Waals surface area contributed by atoms with Crippen molar-refractivity contribution in [3.05, 3.63) is 75.8 Å². The summed E-state index contributed by atoms with van der Waals surface area (Å²) in [7, 11) is 1.56. The molecule has 0 unspecified atom stereocenters. The molecule has 1 heterocycles. The lowest BCUT2D eigenvalue weighted by atomic mass is 10.1. The number of ether oxygens (including phenoxy) is 1. The van der Waals surface area contributed by atoms with Crippen LogP contribution in [0.2, 0.25) is 0 Å². The number of amides is 1. The fraction of sp³-hybridized carbons (Fsp3) is 0.200. The van der Waals surface area contributed by atoms with Crippen LogP contribution >= 0.6 is 0 Å². The highest BCUT2D eigenvalue weighted by atomic mass is 19.1. The van der Waals surface area contributed by atoms with Gasteiger partial charge in [-0.2, -0.15) is 0 Å². The normalized spacial score (nSPS) is 10.7. The van der Waals surface area contributed by atoms with E-state index in [1.165, 1.54) is 6.07 Å². The molecule has 0 aliphatic rings. The Morgan fingerprint density at radius 3 is 2.73 bits per heavy atom. The Kier molecular flexibility index (Phi) is 5.31. The van der Waals surface area contributed by atoms with Crippen molar-refractivity contribution in [2.75, 3.05) is 7.11 Å². The molecule has 0 radical (unpaired) electrons. The number of fused-ring (bicyclic) bond motifs is 1. The lowest BCUT2D eigenvalue weighted by Crippen LogP contribution is -2.24. The SMILES string of the molecule is COc1ccc2cc(CCC(=O)NCc3ccccc3F)c(=O)[nH]c2c1. The first-order chi connectivity index (χ1) is 12.6. The zero-order valence-corrected chi connectivity index (χ0v) is 14.3. The molecule has 2 N–H and O–H groups in total. The fourth-order valence-corrected chi connectivity index (χ4v) is 2.71. The molecule has 3 rings (SSSR count). The number of hydrogen-bond acceptors (Lipinski definition) is 3. The number of pyridine rings is 1. The summed E-state index contributed by atoms with van der Waals surface area (Å²) in [6.45, 7) is 0.124. The molecular formula is C20H19FN2O3. The van der Waals surface area contributed by atoms with Gasteiger partial charge in [0.1, 0.15) is 11.6 Å². The number of hydrogen-bond donors (Lipinski definition) is 2. The van der Waals surface area contributed by atoms with Crippen LogP contribution in [-0.2, 0) is 17.8 Å². The largest absolute Gasteiger partial charge is 0.497 e. The smallest absolute Gasteiger partial charge is 0.251 e. The lowest BCUT2D eigenvalue weighted by Gasteiger charge is -2.07. The van der Waals surface area contributed by atoms with Crippen LogP contribution in [0.1, 0.15) is 17.5 Å². The second kappa shape index (κ2) is 7.82. The molecule has 5 nitrogen and oxygen atoms in total. The Morgan fingerprint density at radius 2 is 1.96 bits per heavy atom. The molecule has 0 aliphatic carbocycles. The number of H-pyrrole nitrogens is 1. The van der Waals surface area contributed by atoms with E-state index in [0.717, 1.165) is 5.39 Å². The standard InChI is InChI=1S/C20H19FN2O3/c1-26-16-8-6-13-10-14(20(25)23-18(13)11-16)7-9-19(24)22-12-15-4-2-3-5-17(15)21/h2-6,8,10-11H,7,9,12H2,1H3,(H,22,24)(H,23,25). The molecule has 2 aromatic carbocycles. The van der Waals surface area contributed by atoms with Gasteiger partial charge in [-0.15, -0.1) is 0 Å². The summed E-state index contributed by atoms with van der Waals surface area (Å²) in [6, 6.07) is 13.5. The summed E-state index contributed by atoms with van der Waals surface area (Å²) in [5, 5.41) is 3.54. The molecule has 0 saturated heterocycles. The molecule has 0 aliphatic heterocycles. The third-order valence-corrected chi connectivity index (χ3v) is 4.19. The van der Waals surface area contributed by atoms with Crippen LogP contribution < -0.4 is 15.6 Å². The van der Waals surface area contributed by atoms with Crippen molar-refractivity contribution < 1.29 is 13.9 Å². The zero-order chi connectivity index (χ0) is 18.5. The molecule has 0 bridgehead atoms. The minimum Gasteiger partial charge on any atom is -0.497 e. The van der Waals surface area contributed by atoms with E-state index >= 15 is 0 Å². The van der Waals surface area contributed by atoms with Crippen molar-refractivity contribution >= 4 is 16.8 Å². The Hall–Kier alpha value is -3.15. The van der Waals surface area contributed by atoms with Gasteiger partial charge in [-0.25, -0.2) is 4.39 Å². The van der Waals surface area contributed by atoms with Crippen LogP contribution in [0.25, 0.3) is 10.9 Å². The third kappa shape index (κ3) is 4.08. The summed E-state index contributed by atoms with van der Waals surface area (Å²) < 4.78 is 18.7. The molecule has 3 aromatic rings. The lowest BCUT2D eigenvalue weighted by molar-refractivity contribution is -0.121. The van der Waals surface area contributed by atoms with E-state index in [1.54, 1.807) is 37.4 Å². The van der Waals surface area contributed by atoms with Crippen molar-refractivity contribution in [3.8, 4) is 5.75 Å². The Balaban J connectivity index is 1.63. The minimum atomic E-state index is -0.353. The summed E-state index contributed by atoms with van der Waals surface area (Å²) in [5.41, 5.74) is 1.41. The second-order valence-corrected chi connectivity index (χ2v) is 5.95. The number of carbonyl (C=O) groups excluding carboxylic acids is 1. The van der Waals surface area contributed by atoms with Crippen LogP contribution in [0.15, 0.2) is 53.3 Å². The topological polar surface area (TPSA) is 71.2 Å². The summed E-state index contributed by atoms with van der Waals surface area (Å²) in [4.78, 5) is 27.0. The third-order valence-electron chi connectivity index (χ3n) is 4.19. The summed E-state index contributed by atoms with van der Waals surface area (Å²) in [6.07, 6.45) is 0.458. The monoisotopic (exact) mass is 354 g/mol. The van der Waals surface area contributed by atoms with Gasteiger partial charge in [-0.1, -0.05) is 18.2 Å². The molecule has 26 heavy (non-hydrogen) atoms. The van der Waals surface area contributed by atoms with Crippen molar-refractivity contribution in [2.45, 2.75) is 19.4 Å². The van der Waals surface area contributed by atoms with E-state index in [9.17, 15) is 14.0 Å². The number of aromatic amines is 1. The zero-order valence-electron chi connectivity index (χ0n) is 14.3. The molecule has 0 saturated carbocycles. The Morgan fingerprint density at radius 1 is 1.15 bits per heavy atom. The molecule has 1 aromatic heterocycles. The van der Waals surface area contributed by atoms with Crippen molar-refractivity contribution in [2.24, 2.45) is 0 Å². The molecular weight excluding hydrogens is 335 g/mol. The highest BCUT2D eigenvalue weighted by Gasteiger charge is 2.08. The van der Waals surface area contributed by atoms with Gasteiger partial charge in [0.05, 0.1) is 12.6 Å². The maximum atomic E-state index is 13.5. The van der Waals surface area contributed by atoms with Gasteiger partial charge in [0.25, 0.3) is 5.56 Å². The summed E-state index contributed by atoms with van der Waals surface area (Å²) >= 11 is 0. The second-order valence-electron chi connectivity index (χ2n) is 5.95. The molecule has 0 atom stereocenters. The van der Waals surface area contributed by atoms with E-state index in [-0.39, 0.29) is 30.2 Å². The number of halogens is 1. The van der Waals surface area contributed by atoms with E-state index in [4.69, 9.17) is 4.74 Å². The first-order valence-corrected chi connectivity index (χ1v) is 8.27. The number of carbonyl (C=O) groups is 1. The maximum absolute atomic E-state index is 13.5. The number of nitrogens with one attached hydrogen (secondary N) is 2. The van der Waals surface area contributed by atoms with Crippen molar-refractivity contribution in [1.29, 1.82) is 0 Å². The Labute approximate surface area is 149 Å². The Bertz CT molecular complexity index is 998. The number of methoxy groups -OCH3 is 1. The van der Waals surface area contributed by atoms with Gasteiger partial charge in [0.15, 0.2) is 0 Å². The van der Waals surface area contributed by atoms with Gasteiger partial charge in [0, 0.05) is 30.2 Å². The fourth-order valence-electron chi connectivity index (χ4n) is 2.71. The van der Waals surface area contributed by atoms with Gasteiger partial charge < -0.3 is 15.0 Å². The average molecular weight is 354 g/mol. The van der Waals surface area contributed by atoms with Crippen LogP contribution in [0.5, 0.6) is 5.75 Å². The number of aryl methyl sites for hydroxylation is 1. The van der Waals surface area contributed by atoms with E-state index in [1.807, 2.05) is 12.1 Å². The van der Waals surface area contributed by atoms with Crippen LogP contribution in [0.4, 0.5) is 4.39 Å². The minimum absolute atomic E-state index is 0.124. The number of benzene rings is 2. The maximum Gasteiger partial charge on any atom is 0.251 e. The first kappa shape index (κ1) is 17.7. The molecule has 0 spiro atoms. The number of rotatable bonds is 6. The van der Waals surface area contributed by atoms with Gasteiger partial charge in [-0.05, 0) is 36.1 Å². The predicted molar refractivity (Wildman–Crippen MR) is 97.7 cm³/mol. The van der Waals surface area contributed by atoms with Crippen molar-refractivity contribution in [1.82, 2.24) is 10.3 Å². The number of aromatic nitrogens is 1. The van der Waals surface area contributed by atoms with Crippen molar-refractivity contribution in [3.63, 3.8) is 0 Å². The van der Waals surface area contributed by atoms with Crippen LogP contribution in [0, 0.1) is 5.82 Å². The van der Waals surface area contributed by atoms with E-state index < -0.39 is 0 Å². The van der Waals surface area contributed by atoms with Crippen LogP contribution in [-0.4, -0.2) is 18.0 Å². The van der Waals surface area contributed by atoms with E-state index in [2.05, 4.69) is 10.3 Å². The quantitative estimate of drug-likeness (QED) is 0.715. The summed E-state index contributed by atoms with van der Waals surface area (Å²) in [5.74, 6) is 0.0742. The highest BCUT2D eigenvalue weighted by molar-refractivity contribution is 5.81. The van der Waals surface area contributed by atoms with Gasteiger partial charge >= 0.3 is 0 Å². The molecule has 1 amide bonds. The molecule has 0 fully saturated rings. The van der Waals surface area contributed by atoms with Gasteiger partial charge in [-0.3, -0.25) is 9.59 Å².